The third kappa shape index (κ3) is 3.14. The number of carboxylic acids is 1. The summed E-state index contributed by atoms with van der Waals surface area (Å²) < 4.78 is 19.6. The largest absolute Gasteiger partial charge is 0.480 e. The molecule has 0 aliphatic carbocycles. The number of morpholine rings is 1. The van der Waals surface area contributed by atoms with Crippen LogP contribution in [0.15, 0.2) is 18.2 Å². The Morgan fingerprint density at radius 3 is 2.61 bits per heavy atom. The predicted octanol–water partition coefficient (Wildman–Crippen LogP) is 1.35. The first-order valence-electron chi connectivity index (χ1n) is 7.74. The molecule has 0 spiro atoms. The summed E-state index contributed by atoms with van der Waals surface area (Å²) in [6, 6.07) is 3.53. The van der Waals surface area contributed by atoms with E-state index >= 15 is 0 Å². The summed E-state index contributed by atoms with van der Waals surface area (Å²) in [5.41, 5.74) is 0.633. The van der Waals surface area contributed by atoms with E-state index in [2.05, 4.69) is 0 Å². The minimum absolute atomic E-state index is 0.188. The number of rotatable bonds is 3. The van der Waals surface area contributed by atoms with Crippen molar-refractivity contribution in [1.29, 1.82) is 0 Å². The lowest BCUT2D eigenvalue weighted by Crippen LogP contribution is -2.40. The van der Waals surface area contributed by atoms with Gasteiger partial charge in [-0.25, -0.2) is 9.18 Å². The lowest BCUT2D eigenvalue weighted by Gasteiger charge is -2.29. The lowest BCUT2D eigenvalue weighted by atomic mass is 10.1. The molecule has 2 saturated heterocycles. The summed E-state index contributed by atoms with van der Waals surface area (Å²) >= 11 is 0. The molecule has 2 fully saturated rings. The topological polar surface area (TPSA) is 70.1 Å². The van der Waals surface area contributed by atoms with E-state index in [1.54, 1.807) is 12.1 Å². The Hall–Kier alpha value is -2.15. The zero-order chi connectivity index (χ0) is 16.4. The van der Waals surface area contributed by atoms with Crippen molar-refractivity contribution in [2.45, 2.75) is 18.9 Å². The number of hydrogen-bond donors (Lipinski definition) is 1. The number of benzene rings is 1. The molecule has 0 saturated carbocycles. The van der Waals surface area contributed by atoms with Gasteiger partial charge in [0.15, 0.2) is 0 Å². The van der Waals surface area contributed by atoms with Gasteiger partial charge in [0.2, 0.25) is 0 Å². The van der Waals surface area contributed by atoms with Crippen LogP contribution in [-0.4, -0.2) is 60.8 Å². The van der Waals surface area contributed by atoms with Gasteiger partial charge in [0.05, 0.1) is 18.9 Å². The highest BCUT2D eigenvalue weighted by molar-refractivity contribution is 5.97. The second-order valence-electron chi connectivity index (χ2n) is 5.76. The van der Waals surface area contributed by atoms with E-state index in [4.69, 9.17) is 9.84 Å². The number of carbonyl (C=O) groups excluding carboxylic acids is 1. The third-order valence-corrected chi connectivity index (χ3v) is 4.35. The Morgan fingerprint density at radius 1 is 1.22 bits per heavy atom. The Labute approximate surface area is 133 Å². The van der Waals surface area contributed by atoms with Crippen LogP contribution in [0.2, 0.25) is 0 Å². The molecule has 2 heterocycles. The Balaban J connectivity index is 1.79. The quantitative estimate of drug-likeness (QED) is 0.910. The molecule has 1 amide bonds. The van der Waals surface area contributed by atoms with Crippen molar-refractivity contribution in [3.8, 4) is 0 Å². The number of likely N-dealkylation sites (tertiary alicyclic amines) is 1. The maximum Gasteiger partial charge on any atom is 0.326 e. The average molecular weight is 322 g/mol. The fraction of sp³-hybridized carbons (Fsp3) is 0.500. The van der Waals surface area contributed by atoms with Crippen molar-refractivity contribution in [2.75, 3.05) is 37.7 Å². The van der Waals surface area contributed by atoms with Gasteiger partial charge in [0.25, 0.3) is 5.91 Å². The van der Waals surface area contributed by atoms with Crippen LogP contribution in [0, 0.1) is 5.82 Å². The van der Waals surface area contributed by atoms with Crippen LogP contribution in [0.5, 0.6) is 0 Å². The summed E-state index contributed by atoms with van der Waals surface area (Å²) in [7, 11) is 0. The van der Waals surface area contributed by atoms with Gasteiger partial charge < -0.3 is 19.6 Å². The standard InChI is InChI=1S/C16H19FN2O4/c17-12-10-11(3-4-13(12)18-6-8-23-9-7-18)15(20)19-5-1-2-14(19)16(21)22/h3-4,10,14H,1-2,5-9H2,(H,21,22)/t14-/m0/s1. The molecule has 3 rings (SSSR count). The molecule has 2 aliphatic heterocycles. The number of aliphatic carboxylic acids is 1. The van der Waals surface area contributed by atoms with Crippen LogP contribution < -0.4 is 4.90 Å². The second kappa shape index (κ2) is 6.54. The number of halogens is 1. The van der Waals surface area contributed by atoms with Crippen LogP contribution in [0.1, 0.15) is 23.2 Å². The molecule has 124 valence electrons. The first kappa shape index (κ1) is 15.7. The van der Waals surface area contributed by atoms with Gasteiger partial charge in [-0.3, -0.25) is 4.79 Å². The zero-order valence-electron chi connectivity index (χ0n) is 12.7. The van der Waals surface area contributed by atoms with Crippen molar-refractivity contribution >= 4 is 17.6 Å². The highest BCUT2D eigenvalue weighted by atomic mass is 19.1. The molecule has 23 heavy (non-hydrogen) atoms. The van der Waals surface area contributed by atoms with Crippen LogP contribution in [-0.2, 0) is 9.53 Å². The number of ether oxygens (including phenoxy) is 1. The maximum absolute atomic E-state index is 14.4. The van der Waals surface area contributed by atoms with Crippen LogP contribution in [0.25, 0.3) is 0 Å². The number of hydrogen-bond acceptors (Lipinski definition) is 4. The van der Waals surface area contributed by atoms with E-state index in [0.717, 1.165) is 0 Å². The predicted molar refractivity (Wildman–Crippen MR) is 81.1 cm³/mol. The molecule has 0 radical (unpaired) electrons. The smallest absolute Gasteiger partial charge is 0.326 e. The molecular formula is C16H19FN2O4. The Morgan fingerprint density at radius 2 is 1.96 bits per heavy atom. The van der Waals surface area contributed by atoms with E-state index in [9.17, 15) is 14.0 Å². The van der Waals surface area contributed by atoms with E-state index in [1.807, 2.05) is 4.90 Å². The van der Waals surface area contributed by atoms with E-state index in [-0.39, 0.29) is 5.56 Å². The Kier molecular flexibility index (Phi) is 4.47. The van der Waals surface area contributed by atoms with Crippen molar-refractivity contribution in [3.63, 3.8) is 0 Å². The molecule has 1 aromatic rings. The third-order valence-electron chi connectivity index (χ3n) is 4.35. The lowest BCUT2D eigenvalue weighted by molar-refractivity contribution is -0.141. The minimum Gasteiger partial charge on any atom is -0.480 e. The fourth-order valence-electron chi connectivity index (χ4n) is 3.13. The summed E-state index contributed by atoms with van der Waals surface area (Å²) in [6.45, 7) is 2.71. The van der Waals surface area contributed by atoms with Gasteiger partial charge in [-0.05, 0) is 31.0 Å². The molecule has 0 unspecified atom stereocenters. The van der Waals surface area contributed by atoms with Crippen molar-refractivity contribution < 1.29 is 23.8 Å². The number of amides is 1. The molecule has 6 nitrogen and oxygen atoms in total. The first-order valence-corrected chi connectivity index (χ1v) is 7.74. The highest BCUT2D eigenvalue weighted by Gasteiger charge is 2.34. The number of carbonyl (C=O) groups is 2. The first-order chi connectivity index (χ1) is 11.1. The molecule has 1 atom stereocenters. The molecule has 1 aromatic carbocycles. The van der Waals surface area contributed by atoms with Gasteiger partial charge in [-0.15, -0.1) is 0 Å². The molecule has 0 aromatic heterocycles. The summed E-state index contributed by atoms with van der Waals surface area (Å²) in [6.07, 6.45) is 1.09. The molecule has 7 heteroatoms. The highest BCUT2D eigenvalue weighted by Crippen LogP contribution is 2.25. The van der Waals surface area contributed by atoms with Crippen LogP contribution in [0.4, 0.5) is 10.1 Å². The van der Waals surface area contributed by atoms with E-state index in [1.165, 1.54) is 11.0 Å². The number of nitrogens with zero attached hydrogens (tertiary/aromatic N) is 2. The normalized spacial score (nSPS) is 21.5. The number of anilines is 1. The van der Waals surface area contributed by atoms with Gasteiger partial charge in [-0.2, -0.15) is 0 Å². The fourth-order valence-corrected chi connectivity index (χ4v) is 3.13. The zero-order valence-corrected chi connectivity index (χ0v) is 12.7. The maximum atomic E-state index is 14.4. The van der Waals surface area contributed by atoms with Crippen molar-refractivity contribution in [2.24, 2.45) is 0 Å². The van der Waals surface area contributed by atoms with Crippen LogP contribution in [0.3, 0.4) is 0 Å². The Bertz CT molecular complexity index is 616. The minimum atomic E-state index is -1.01. The SMILES string of the molecule is O=C(O)[C@@H]1CCCN1C(=O)c1ccc(N2CCOCC2)c(F)c1. The summed E-state index contributed by atoms with van der Waals surface area (Å²) in [4.78, 5) is 26.8. The molecule has 1 N–H and O–H groups in total. The summed E-state index contributed by atoms with van der Waals surface area (Å²) in [5.74, 6) is -1.91. The monoisotopic (exact) mass is 322 g/mol. The van der Waals surface area contributed by atoms with Crippen LogP contribution >= 0.6 is 0 Å². The second-order valence-corrected chi connectivity index (χ2v) is 5.76. The number of carboxylic acid groups (broad SMARTS) is 1. The molecule has 2 aliphatic rings. The average Bonchev–Trinajstić information content (AvgIpc) is 3.04. The van der Waals surface area contributed by atoms with Gasteiger partial charge in [-0.1, -0.05) is 0 Å². The molecular weight excluding hydrogens is 303 g/mol. The van der Waals surface area contributed by atoms with E-state index < -0.39 is 23.7 Å². The van der Waals surface area contributed by atoms with Gasteiger partial charge in [0.1, 0.15) is 11.9 Å². The summed E-state index contributed by atoms with van der Waals surface area (Å²) in [5, 5.41) is 9.16. The van der Waals surface area contributed by atoms with E-state index in [0.29, 0.717) is 51.4 Å². The van der Waals surface area contributed by atoms with Crippen molar-refractivity contribution in [3.05, 3.63) is 29.6 Å². The van der Waals surface area contributed by atoms with Gasteiger partial charge >= 0.3 is 5.97 Å². The van der Waals surface area contributed by atoms with Crippen molar-refractivity contribution in [1.82, 2.24) is 4.90 Å². The van der Waals surface area contributed by atoms with Gasteiger partial charge in [0, 0.05) is 25.2 Å². The molecule has 0 bridgehead atoms.